The highest BCUT2D eigenvalue weighted by Gasteiger charge is 2.40. The Hall–Kier alpha value is -0.600. The molecule has 0 saturated heterocycles. The molecule has 0 atom stereocenters. The fourth-order valence-corrected chi connectivity index (χ4v) is 3.56. The summed E-state index contributed by atoms with van der Waals surface area (Å²) in [6, 6.07) is 5.71. The van der Waals surface area contributed by atoms with E-state index in [0.717, 1.165) is 24.9 Å². The van der Waals surface area contributed by atoms with E-state index in [1.807, 2.05) is 6.07 Å². The second-order valence-electron chi connectivity index (χ2n) is 5.74. The first kappa shape index (κ1) is 12.4. The molecule has 0 aliphatic heterocycles. The van der Waals surface area contributed by atoms with Crippen molar-refractivity contribution in [1.29, 1.82) is 0 Å². The molecule has 2 aliphatic rings. The van der Waals surface area contributed by atoms with Crippen molar-refractivity contribution in [3.05, 3.63) is 34.6 Å². The maximum absolute atomic E-state index is 14.2. The monoisotopic (exact) mass is 267 g/mol. The molecule has 0 amide bonds. The molecule has 1 aromatic carbocycles. The van der Waals surface area contributed by atoms with Crippen LogP contribution in [0.15, 0.2) is 18.2 Å². The normalized spacial score (nSPS) is 22.3. The van der Waals surface area contributed by atoms with E-state index in [9.17, 15) is 4.39 Å². The lowest BCUT2D eigenvalue weighted by Gasteiger charge is -2.31. The zero-order valence-electron chi connectivity index (χ0n) is 10.5. The highest BCUT2D eigenvalue weighted by Crippen LogP contribution is 2.44. The van der Waals surface area contributed by atoms with E-state index in [-0.39, 0.29) is 11.2 Å². The third-order valence-electron chi connectivity index (χ3n) is 4.36. The molecule has 0 aromatic heterocycles. The van der Waals surface area contributed by atoms with Crippen LogP contribution < -0.4 is 5.32 Å². The van der Waals surface area contributed by atoms with Crippen molar-refractivity contribution in [3.8, 4) is 0 Å². The molecule has 0 spiro atoms. The molecule has 3 heteroatoms. The van der Waals surface area contributed by atoms with E-state index in [1.54, 1.807) is 12.1 Å². The van der Waals surface area contributed by atoms with Gasteiger partial charge in [-0.25, -0.2) is 4.39 Å². The Bertz CT molecular complexity index is 416. The molecular formula is C15H19ClFN. The minimum atomic E-state index is -0.137. The number of benzene rings is 1. The van der Waals surface area contributed by atoms with Gasteiger partial charge in [0.2, 0.25) is 0 Å². The van der Waals surface area contributed by atoms with Gasteiger partial charge in [0.05, 0.1) is 0 Å². The molecular weight excluding hydrogens is 249 g/mol. The first-order valence-corrected chi connectivity index (χ1v) is 7.27. The Balaban J connectivity index is 1.91. The van der Waals surface area contributed by atoms with Gasteiger partial charge in [0.15, 0.2) is 0 Å². The SMILES string of the molecule is Fc1cccc(Cl)c1C1(CNC2CC2)CCCC1. The lowest BCUT2D eigenvalue weighted by Crippen LogP contribution is -2.38. The number of hydrogen-bond acceptors (Lipinski definition) is 1. The Morgan fingerprint density at radius 1 is 1.28 bits per heavy atom. The fourth-order valence-electron chi connectivity index (χ4n) is 3.20. The van der Waals surface area contributed by atoms with Gasteiger partial charge in [0.1, 0.15) is 5.82 Å². The third kappa shape index (κ3) is 2.28. The van der Waals surface area contributed by atoms with Crippen molar-refractivity contribution < 1.29 is 4.39 Å². The van der Waals surface area contributed by atoms with Gasteiger partial charge >= 0.3 is 0 Å². The molecule has 0 radical (unpaired) electrons. The predicted octanol–water partition coefficient (Wildman–Crippen LogP) is 4.04. The van der Waals surface area contributed by atoms with Crippen molar-refractivity contribution in [1.82, 2.24) is 5.32 Å². The average Bonchev–Trinajstić information content (AvgIpc) is 3.06. The molecule has 1 N–H and O–H groups in total. The summed E-state index contributed by atoms with van der Waals surface area (Å²) in [5.74, 6) is -0.137. The van der Waals surface area contributed by atoms with Gasteiger partial charge < -0.3 is 5.32 Å². The number of hydrogen-bond donors (Lipinski definition) is 1. The van der Waals surface area contributed by atoms with Crippen LogP contribution in [-0.4, -0.2) is 12.6 Å². The fraction of sp³-hybridized carbons (Fsp3) is 0.600. The van der Waals surface area contributed by atoms with Crippen molar-refractivity contribution in [2.24, 2.45) is 0 Å². The Morgan fingerprint density at radius 3 is 2.61 bits per heavy atom. The molecule has 1 aromatic rings. The van der Waals surface area contributed by atoms with Crippen LogP contribution in [0.2, 0.25) is 5.02 Å². The van der Waals surface area contributed by atoms with Crippen LogP contribution in [0.4, 0.5) is 4.39 Å². The Kier molecular flexibility index (Phi) is 3.33. The molecule has 2 saturated carbocycles. The first-order valence-electron chi connectivity index (χ1n) is 6.89. The van der Waals surface area contributed by atoms with Crippen LogP contribution in [0.1, 0.15) is 44.1 Å². The molecule has 0 bridgehead atoms. The second kappa shape index (κ2) is 4.82. The average molecular weight is 268 g/mol. The standard InChI is InChI=1S/C15H19ClFN/c16-12-4-3-5-13(17)14(12)15(8-1-2-9-15)10-18-11-6-7-11/h3-5,11,18H,1-2,6-10H2. The molecule has 3 rings (SSSR count). The van der Waals surface area contributed by atoms with E-state index >= 15 is 0 Å². The van der Waals surface area contributed by atoms with Crippen LogP contribution in [0.3, 0.4) is 0 Å². The summed E-state index contributed by atoms with van der Waals surface area (Å²) in [7, 11) is 0. The van der Waals surface area contributed by atoms with Gasteiger partial charge in [0, 0.05) is 28.6 Å². The zero-order chi connectivity index (χ0) is 12.6. The van der Waals surface area contributed by atoms with Crippen molar-refractivity contribution in [2.75, 3.05) is 6.54 Å². The van der Waals surface area contributed by atoms with Gasteiger partial charge in [-0.1, -0.05) is 30.5 Å². The van der Waals surface area contributed by atoms with E-state index in [2.05, 4.69) is 5.32 Å². The number of rotatable bonds is 4. The van der Waals surface area contributed by atoms with E-state index in [0.29, 0.717) is 11.1 Å². The van der Waals surface area contributed by atoms with Gasteiger partial charge in [-0.3, -0.25) is 0 Å². The van der Waals surface area contributed by atoms with Gasteiger partial charge in [-0.05, 0) is 37.8 Å². The van der Waals surface area contributed by atoms with Gasteiger partial charge in [-0.15, -0.1) is 0 Å². The molecule has 98 valence electrons. The summed E-state index contributed by atoms with van der Waals surface area (Å²) in [4.78, 5) is 0. The van der Waals surface area contributed by atoms with Crippen LogP contribution in [-0.2, 0) is 5.41 Å². The molecule has 18 heavy (non-hydrogen) atoms. The first-order chi connectivity index (χ1) is 8.71. The highest BCUT2D eigenvalue weighted by atomic mass is 35.5. The van der Waals surface area contributed by atoms with E-state index < -0.39 is 0 Å². The molecule has 1 nitrogen and oxygen atoms in total. The maximum atomic E-state index is 14.2. The van der Waals surface area contributed by atoms with Crippen LogP contribution in [0.25, 0.3) is 0 Å². The van der Waals surface area contributed by atoms with Crippen molar-refractivity contribution in [2.45, 2.75) is 50.0 Å². The lowest BCUT2D eigenvalue weighted by molar-refractivity contribution is 0.386. The van der Waals surface area contributed by atoms with E-state index in [1.165, 1.54) is 25.7 Å². The second-order valence-corrected chi connectivity index (χ2v) is 6.15. The van der Waals surface area contributed by atoms with Crippen LogP contribution >= 0.6 is 11.6 Å². The number of halogens is 2. The molecule has 2 aliphatic carbocycles. The topological polar surface area (TPSA) is 12.0 Å². The van der Waals surface area contributed by atoms with Crippen LogP contribution in [0, 0.1) is 5.82 Å². The summed E-state index contributed by atoms with van der Waals surface area (Å²) in [6.07, 6.45) is 6.98. The van der Waals surface area contributed by atoms with E-state index in [4.69, 9.17) is 11.6 Å². The molecule has 2 fully saturated rings. The smallest absolute Gasteiger partial charge is 0.128 e. The van der Waals surface area contributed by atoms with Crippen molar-refractivity contribution in [3.63, 3.8) is 0 Å². The summed E-state index contributed by atoms with van der Waals surface area (Å²) < 4.78 is 14.2. The quantitative estimate of drug-likeness (QED) is 0.868. The zero-order valence-corrected chi connectivity index (χ0v) is 11.3. The third-order valence-corrected chi connectivity index (χ3v) is 4.68. The minimum absolute atomic E-state index is 0.0784. The maximum Gasteiger partial charge on any atom is 0.128 e. The van der Waals surface area contributed by atoms with Gasteiger partial charge in [-0.2, -0.15) is 0 Å². The van der Waals surface area contributed by atoms with Crippen molar-refractivity contribution >= 4 is 11.6 Å². The molecule has 0 heterocycles. The number of nitrogens with one attached hydrogen (secondary N) is 1. The Labute approximate surface area is 113 Å². The summed E-state index contributed by atoms with van der Waals surface area (Å²) in [5.41, 5.74) is 0.669. The summed E-state index contributed by atoms with van der Waals surface area (Å²) >= 11 is 6.26. The molecule has 0 unspecified atom stereocenters. The lowest BCUT2D eigenvalue weighted by atomic mass is 9.78. The predicted molar refractivity (Wildman–Crippen MR) is 72.6 cm³/mol. The summed E-state index contributed by atoms with van der Waals surface area (Å²) in [6.45, 7) is 0.873. The van der Waals surface area contributed by atoms with Gasteiger partial charge in [0.25, 0.3) is 0 Å². The minimum Gasteiger partial charge on any atom is -0.313 e. The summed E-state index contributed by atoms with van der Waals surface area (Å²) in [5, 5.41) is 4.16. The Morgan fingerprint density at radius 2 is 2.00 bits per heavy atom. The largest absolute Gasteiger partial charge is 0.313 e. The van der Waals surface area contributed by atoms with Crippen LogP contribution in [0.5, 0.6) is 0 Å². The highest BCUT2D eigenvalue weighted by molar-refractivity contribution is 6.31.